The molecule has 156 valence electrons. The van der Waals surface area contributed by atoms with E-state index < -0.39 is 52.5 Å². The minimum absolute atomic E-state index is 0.0289. The van der Waals surface area contributed by atoms with Crippen molar-refractivity contribution in [1.29, 1.82) is 0 Å². The predicted molar refractivity (Wildman–Crippen MR) is 104 cm³/mol. The molecule has 10 nitrogen and oxygen atoms in total. The van der Waals surface area contributed by atoms with Crippen molar-refractivity contribution in [2.75, 3.05) is 0 Å². The summed E-state index contributed by atoms with van der Waals surface area (Å²) < 4.78 is 5.53. The lowest BCUT2D eigenvalue weighted by Gasteiger charge is -2.13. The number of fused-ring (bicyclic) bond motifs is 1. The molecule has 10 heteroatoms. The molecule has 0 saturated carbocycles. The number of phenols is 4. The number of carboxylic acid groups (broad SMARTS) is 1. The highest BCUT2D eigenvalue weighted by molar-refractivity contribution is 6.09. The number of rotatable bonds is 6. The van der Waals surface area contributed by atoms with Crippen LogP contribution in [0.1, 0.15) is 23.2 Å². The Labute approximate surface area is 168 Å². The highest BCUT2D eigenvalue weighted by atomic mass is 16.4. The smallest absolute Gasteiger partial charge is 0.303 e. The molecule has 0 aliphatic rings. The molecule has 0 unspecified atom stereocenters. The van der Waals surface area contributed by atoms with Crippen molar-refractivity contribution in [3.05, 3.63) is 46.1 Å². The largest absolute Gasteiger partial charge is 0.507 e. The Balaban J connectivity index is 2.11. The minimum Gasteiger partial charge on any atom is -0.507 e. The summed E-state index contributed by atoms with van der Waals surface area (Å²) in [6, 6.07) is 4.35. The van der Waals surface area contributed by atoms with E-state index in [4.69, 9.17) is 15.3 Å². The van der Waals surface area contributed by atoms with Gasteiger partial charge < -0.3 is 35.7 Å². The van der Waals surface area contributed by atoms with Crippen molar-refractivity contribution >= 4 is 22.7 Å². The third kappa shape index (κ3) is 3.76. The molecule has 0 aliphatic carbocycles. The normalized spacial score (nSPS) is 12.0. The molecule has 0 aliphatic heterocycles. The van der Waals surface area contributed by atoms with Crippen molar-refractivity contribution in [2.24, 2.45) is 5.73 Å². The Morgan fingerprint density at radius 3 is 2.33 bits per heavy atom. The van der Waals surface area contributed by atoms with E-state index in [2.05, 4.69) is 0 Å². The first-order valence-corrected chi connectivity index (χ1v) is 8.67. The Morgan fingerprint density at radius 2 is 1.70 bits per heavy atom. The number of Topliss-reactive ketones (excluding diaryl/α,β-unsaturated/α-hetero) is 1. The average molecular weight is 415 g/mol. The Kier molecular flexibility index (Phi) is 5.35. The van der Waals surface area contributed by atoms with Crippen LogP contribution in [-0.2, 0) is 4.79 Å². The summed E-state index contributed by atoms with van der Waals surface area (Å²) in [5.41, 5.74) is 4.30. The van der Waals surface area contributed by atoms with Crippen LogP contribution in [0.4, 0.5) is 0 Å². The first-order chi connectivity index (χ1) is 14.1. The number of carboxylic acids is 1. The van der Waals surface area contributed by atoms with Crippen LogP contribution >= 0.6 is 0 Å². The van der Waals surface area contributed by atoms with Crippen LogP contribution < -0.4 is 11.2 Å². The Morgan fingerprint density at radius 1 is 1.00 bits per heavy atom. The van der Waals surface area contributed by atoms with Gasteiger partial charge in [0, 0.05) is 24.1 Å². The fourth-order valence-corrected chi connectivity index (χ4v) is 2.95. The number of aliphatic carboxylic acids is 1. The maximum absolute atomic E-state index is 12.6. The van der Waals surface area contributed by atoms with Gasteiger partial charge >= 0.3 is 5.97 Å². The second kappa shape index (κ2) is 7.76. The van der Waals surface area contributed by atoms with E-state index in [9.17, 15) is 34.8 Å². The van der Waals surface area contributed by atoms with Gasteiger partial charge in [-0.05, 0) is 24.6 Å². The first kappa shape index (κ1) is 20.7. The Hall–Kier alpha value is -4.05. The highest BCUT2D eigenvalue weighted by Gasteiger charge is 2.27. The standard InChI is InChI=1S/C20H17NO9/c21-9(2-4-16(26)27)19(28)18-13(25)7-15-17(20(18)29)12(24)6-14(30-15)8-1-3-10(22)11(23)5-8/h1,3,5-7,9,22-23,25,29H,2,4,21H2,(H,26,27)/t9-/m0/s1. The van der Waals surface area contributed by atoms with Crippen molar-refractivity contribution in [3.8, 4) is 34.3 Å². The number of hydrogen-bond donors (Lipinski definition) is 6. The lowest BCUT2D eigenvalue weighted by Crippen LogP contribution is -2.31. The third-order valence-corrected chi connectivity index (χ3v) is 4.48. The van der Waals surface area contributed by atoms with Gasteiger partial charge in [0.2, 0.25) is 0 Å². The fraction of sp³-hybridized carbons (Fsp3) is 0.150. The fourth-order valence-electron chi connectivity index (χ4n) is 2.95. The number of aromatic hydroxyl groups is 4. The molecule has 0 amide bonds. The number of carbonyl (C=O) groups is 2. The summed E-state index contributed by atoms with van der Waals surface area (Å²) in [5, 5.41) is 48.0. The van der Waals surface area contributed by atoms with Gasteiger partial charge in [0.05, 0.1) is 6.04 Å². The number of nitrogens with two attached hydrogens (primary N) is 1. The molecule has 0 spiro atoms. The first-order valence-electron chi connectivity index (χ1n) is 8.67. The molecular weight excluding hydrogens is 398 g/mol. The predicted octanol–water partition coefficient (Wildman–Crippen LogP) is 1.66. The Bertz CT molecular complexity index is 1230. The van der Waals surface area contributed by atoms with Crippen LogP contribution in [0.3, 0.4) is 0 Å². The number of benzene rings is 2. The van der Waals surface area contributed by atoms with Crippen molar-refractivity contribution < 1.29 is 39.5 Å². The molecule has 1 atom stereocenters. The molecule has 3 aromatic rings. The quantitative estimate of drug-likeness (QED) is 0.255. The lowest BCUT2D eigenvalue weighted by molar-refractivity contribution is -0.137. The zero-order valence-corrected chi connectivity index (χ0v) is 15.3. The van der Waals surface area contributed by atoms with Gasteiger partial charge in [-0.25, -0.2) is 0 Å². The number of carbonyl (C=O) groups excluding carboxylic acids is 1. The van der Waals surface area contributed by atoms with Gasteiger partial charge in [-0.3, -0.25) is 14.4 Å². The molecule has 0 saturated heterocycles. The summed E-state index contributed by atoms with van der Waals surface area (Å²) in [4.78, 5) is 35.7. The molecule has 2 aromatic carbocycles. The summed E-state index contributed by atoms with van der Waals surface area (Å²) in [5.74, 6) is -4.49. The molecule has 1 heterocycles. The maximum Gasteiger partial charge on any atom is 0.303 e. The van der Waals surface area contributed by atoms with Gasteiger partial charge in [0.25, 0.3) is 0 Å². The molecule has 0 radical (unpaired) electrons. The molecule has 3 rings (SSSR count). The van der Waals surface area contributed by atoms with Crippen LogP contribution in [0.5, 0.6) is 23.0 Å². The zero-order chi connectivity index (χ0) is 22.2. The van der Waals surface area contributed by atoms with Gasteiger partial charge in [0.1, 0.15) is 33.8 Å². The van der Waals surface area contributed by atoms with Crippen LogP contribution in [0, 0.1) is 0 Å². The molecule has 7 N–H and O–H groups in total. The van der Waals surface area contributed by atoms with Crippen LogP contribution in [-0.4, -0.2) is 43.3 Å². The SMILES string of the molecule is N[C@@H](CCC(=O)O)C(=O)c1c(O)cc2oc(-c3ccc(O)c(O)c3)cc(=O)c2c1O. The van der Waals surface area contributed by atoms with E-state index in [1.54, 1.807) is 0 Å². The highest BCUT2D eigenvalue weighted by Crippen LogP contribution is 2.37. The van der Waals surface area contributed by atoms with E-state index >= 15 is 0 Å². The topological polar surface area (TPSA) is 192 Å². The second-order valence-corrected chi connectivity index (χ2v) is 6.57. The van der Waals surface area contributed by atoms with Crippen molar-refractivity contribution in [1.82, 2.24) is 0 Å². The molecule has 0 bridgehead atoms. The van der Waals surface area contributed by atoms with E-state index in [1.165, 1.54) is 12.1 Å². The average Bonchev–Trinajstić information content (AvgIpc) is 2.67. The van der Waals surface area contributed by atoms with E-state index in [0.29, 0.717) is 0 Å². The molecular formula is C20H17NO9. The number of ketones is 1. The minimum atomic E-state index is -1.32. The van der Waals surface area contributed by atoms with Crippen LogP contribution in [0.2, 0.25) is 0 Å². The maximum atomic E-state index is 12.6. The summed E-state index contributed by atoms with van der Waals surface area (Å²) in [6.45, 7) is 0. The van der Waals surface area contributed by atoms with Gasteiger partial charge in [0.15, 0.2) is 22.7 Å². The van der Waals surface area contributed by atoms with E-state index in [1.807, 2.05) is 0 Å². The summed E-state index contributed by atoms with van der Waals surface area (Å²) in [7, 11) is 0. The molecule has 30 heavy (non-hydrogen) atoms. The zero-order valence-electron chi connectivity index (χ0n) is 15.3. The summed E-state index contributed by atoms with van der Waals surface area (Å²) >= 11 is 0. The van der Waals surface area contributed by atoms with Gasteiger partial charge in [-0.2, -0.15) is 0 Å². The number of phenolic OH excluding ortho intramolecular Hbond substituents is 4. The van der Waals surface area contributed by atoms with E-state index in [-0.39, 0.29) is 34.5 Å². The number of hydrogen-bond acceptors (Lipinski definition) is 9. The second-order valence-electron chi connectivity index (χ2n) is 6.57. The summed E-state index contributed by atoms with van der Waals surface area (Å²) in [6.07, 6.45) is -0.629. The third-order valence-electron chi connectivity index (χ3n) is 4.48. The van der Waals surface area contributed by atoms with Crippen LogP contribution in [0.15, 0.2) is 39.5 Å². The molecule has 1 aromatic heterocycles. The van der Waals surface area contributed by atoms with Gasteiger partial charge in [-0.15, -0.1) is 0 Å². The van der Waals surface area contributed by atoms with Crippen LogP contribution in [0.25, 0.3) is 22.3 Å². The van der Waals surface area contributed by atoms with Gasteiger partial charge in [-0.1, -0.05) is 0 Å². The van der Waals surface area contributed by atoms with Crippen molar-refractivity contribution in [3.63, 3.8) is 0 Å². The lowest BCUT2D eigenvalue weighted by atomic mass is 9.97. The van der Waals surface area contributed by atoms with Crippen molar-refractivity contribution in [2.45, 2.75) is 18.9 Å². The van der Waals surface area contributed by atoms with E-state index in [0.717, 1.165) is 18.2 Å². The monoisotopic (exact) mass is 415 g/mol. The molecule has 0 fully saturated rings.